The number of fused-ring (bicyclic) bond motifs is 1. The van der Waals surface area contributed by atoms with Crippen LogP contribution in [0.5, 0.6) is 5.75 Å². The number of nitrogens with zero attached hydrogens (tertiary/aromatic N) is 4. The zero-order chi connectivity index (χ0) is 19.0. The average Bonchev–Trinajstić information content (AvgIpc) is 3.27. The predicted octanol–water partition coefficient (Wildman–Crippen LogP) is 3.31. The van der Waals surface area contributed by atoms with Crippen molar-refractivity contribution >= 4 is 22.8 Å². The first kappa shape index (κ1) is 17.3. The van der Waals surface area contributed by atoms with Crippen LogP contribution in [0.3, 0.4) is 0 Å². The van der Waals surface area contributed by atoms with Crippen LogP contribution >= 0.6 is 0 Å². The lowest BCUT2D eigenvalue weighted by atomic mass is 10.1. The molecule has 1 aromatic carbocycles. The van der Waals surface area contributed by atoms with Crippen molar-refractivity contribution in [2.24, 2.45) is 7.05 Å². The van der Waals surface area contributed by atoms with Crippen LogP contribution in [0.2, 0.25) is 0 Å². The molecule has 1 atom stereocenters. The number of benzene rings is 1. The van der Waals surface area contributed by atoms with Crippen molar-refractivity contribution in [3.05, 3.63) is 48.0 Å². The van der Waals surface area contributed by atoms with Gasteiger partial charge in [-0.25, -0.2) is 9.78 Å². The number of aromatic nitrogens is 3. The van der Waals surface area contributed by atoms with Crippen LogP contribution < -0.4 is 10.1 Å². The van der Waals surface area contributed by atoms with Gasteiger partial charge in [0, 0.05) is 32.3 Å². The Kier molecular flexibility index (Phi) is 4.43. The van der Waals surface area contributed by atoms with E-state index in [0.29, 0.717) is 24.5 Å². The van der Waals surface area contributed by atoms with Crippen molar-refractivity contribution in [2.75, 3.05) is 25.5 Å². The molecule has 1 aliphatic rings. The molecule has 1 aliphatic heterocycles. The molecule has 0 radical (unpaired) electrons. The maximum absolute atomic E-state index is 12.8. The van der Waals surface area contributed by atoms with Crippen LogP contribution in [0.4, 0.5) is 10.5 Å². The number of methoxy groups -OCH3 is 1. The second kappa shape index (κ2) is 6.90. The third kappa shape index (κ3) is 3.20. The topological polar surface area (TPSA) is 72.3 Å². The largest absolute Gasteiger partial charge is 0.495 e. The highest BCUT2D eigenvalue weighted by Gasteiger charge is 2.30. The lowest BCUT2D eigenvalue weighted by Gasteiger charge is -2.19. The highest BCUT2D eigenvalue weighted by Crippen LogP contribution is 2.30. The Balaban J connectivity index is 1.50. The Labute approximate surface area is 158 Å². The summed E-state index contributed by atoms with van der Waals surface area (Å²) < 4.78 is 7.43. The van der Waals surface area contributed by atoms with Crippen molar-refractivity contribution < 1.29 is 9.53 Å². The second-order valence-corrected chi connectivity index (χ2v) is 6.96. The molecule has 0 spiro atoms. The molecule has 7 heteroatoms. The molecule has 1 N–H and O–H groups in total. The summed E-state index contributed by atoms with van der Waals surface area (Å²) in [6.07, 6.45) is 4.47. The number of anilines is 1. The number of carbonyl (C=O) groups is 1. The summed E-state index contributed by atoms with van der Waals surface area (Å²) in [5.41, 5.74) is 3.72. The van der Waals surface area contributed by atoms with Crippen molar-refractivity contribution in [3.63, 3.8) is 0 Å². The van der Waals surface area contributed by atoms with Gasteiger partial charge in [-0.15, -0.1) is 0 Å². The molecule has 1 fully saturated rings. The van der Waals surface area contributed by atoms with Gasteiger partial charge in [0.05, 0.1) is 30.0 Å². The molecule has 0 saturated carbocycles. The molecule has 27 heavy (non-hydrogen) atoms. The van der Waals surface area contributed by atoms with Crippen molar-refractivity contribution in [1.82, 2.24) is 19.4 Å². The van der Waals surface area contributed by atoms with Crippen LogP contribution in [-0.4, -0.2) is 45.7 Å². The van der Waals surface area contributed by atoms with E-state index in [1.54, 1.807) is 13.3 Å². The van der Waals surface area contributed by atoms with E-state index in [1.807, 2.05) is 49.3 Å². The number of urea groups is 1. The third-order valence-corrected chi connectivity index (χ3v) is 5.15. The molecule has 1 saturated heterocycles. The quantitative estimate of drug-likeness (QED) is 0.773. The molecule has 0 aliphatic carbocycles. The number of imidazole rings is 1. The van der Waals surface area contributed by atoms with Crippen LogP contribution in [0.1, 0.15) is 23.7 Å². The number of pyridine rings is 1. The highest BCUT2D eigenvalue weighted by atomic mass is 16.5. The van der Waals surface area contributed by atoms with Gasteiger partial charge >= 0.3 is 6.03 Å². The van der Waals surface area contributed by atoms with Crippen molar-refractivity contribution in [1.29, 1.82) is 0 Å². The summed E-state index contributed by atoms with van der Waals surface area (Å²) in [4.78, 5) is 23.5. The van der Waals surface area contributed by atoms with Gasteiger partial charge < -0.3 is 19.5 Å². The van der Waals surface area contributed by atoms with Gasteiger partial charge in [-0.2, -0.15) is 0 Å². The Bertz CT molecular complexity index is 997. The lowest BCUT2D eigenvalue weighted by molar-refractivity contribution is 0.221. The predicted molar refractivity (Wildman–Crippen MR) is 104 cm³/mol. The fourth-order valence-electron chi connectivity index (χ4n) is 3.69. The summed E-state index contributed by atoms with van der Waals surface area (Å²) in [5, 5.41) is 2.98. The van der Waals surface area contributed by atoms with Crippen LogP contribution in [0.15, 0.2) is 36.7 Å². The number of amides is 2. The van der Waals surface area contributed by atoms with E-state index in [2.05, 4.69) is 14.9 Å². The number of rotatable bonds is 3. The molecule has 3 aromatic rings. The highest BCUT2D eigenvalue weighted by molar-refractivity contribution is 5.91. The maximum atomic E-state index is 12.8. The number of carbonyl (C=O) groups excluding carboxylic acids is 1. The number of hydrogen-bond donors (Lipinski definition) is 1. The van der Waals surface area contributed by atoms with E-state index in [4.69, 9.17) is 9.72 Å². The number of likely N-dealkylation sites (tertiary alicyclic amines) is 1. The first-order chi connectivity index (χ1) is 13.1. The van der Waals surface area contributed by atoms with Gasteiger partial charge in [-0.05, 0) is 37.1 Å². The smallest absolute Gasteiger partial charge is 0.321 e. The molecule has 2 amide bonds. The van der Waals surface area contributed by atoms with E-state index in [-0.39, 0.29) is 11.9 Å². The fraction of sp³-hybridized carbons (Fsp3) is 0.350. The molecule has 0 bridgehead atoms. The number of nitrogens with one attached hydrogen (secondary N) is 1. The Hall–Kier alpha value is -3.09. The Morgan fingerprint density at radius 1 is 1.33 bits per heavy atom. The van der Waals surface area contributed by atoms with Gasteiger partial charge in [-0.1, -0.05) is 6.07 Å². The van der Waals surface area contributed by atoms with Crippen molar-refractivity contribution in [2.45, 2.75) is 19.3 Å². The van der Waals surface area contributed by atoms with E-state index in [9.17, 15) is 4.79 Å². The fourth-order valence-corrected chi connectivity index (χ4v) is 3.69. The summed E-state index contributed by atoms with van der Waals surface area (Å²) >= 11 is 0. The minimum Gasteiger partial charge on any atom is -0.495 e. The normalized spacial score (nSPS) is 16.7. The van der Waals surface area contributed by atoms with E-state index in [0.717, 1.165) is 28.8 Å². The van der Waals surface area contributed by atoms with Crippen molar-refractivity contribution in [3.8, 4) is 5.75 Å². The first-order valence-electron chi connectivity index (χ1n) is 9.03. The molecule has 7 nitrogen and oxygen atoms in total. The van der Waals surface area contributed by atoms with E-state index < -0.39 is 0 Å². The van der Waals surface area contributed by atoms with Gasteiger partial charge in [0.2, 0.25) is 0 Å². The second-order valence-electron chi connectivity index (χ2n) is 6.96. The molecule has 140 valence electrons. The Morgan fingerprint density at radius 2 is 2.19 bits per heavy atom. The average molecular weight is 365 g/mol. The molecular weight excluding hydrogens is 342 g/mol. The zero-order valence-corrected chi connectivity index (χ0v) is 15.8. The van der Waals surface area contributed by atoms with Gasteiger partial charge in [0.25, 0.3) is 0 Å². The van der Waals surface area contributed by atoms with E-state index >= 15 is 0 Å². The van der Waals surface area contributed by atoms with Crippen LogP contribution in [0.25, 0.3) is 11.0 Å². The number of hydrogen-bond acceptors (Lipinski definition) is 4. The molecule has 4 rings (SSSR count). The van der Waals surface area contributed by atoms with Gasteiger partial charge in [-0.3, -0.25) is 4.98 Å². The Morgan fingerprint density at radius 3 is 2.96 bits per heavy atom. The van der Waals surface area contributed by atoms with E-state index in [1.165, 1.54) is 0 Å². The summed E-state index contributed by atoms with van der Waals surface area (Å²) in [6.45, 7) is 3.33. The lowest BCUT2D eigenvalue weighted by Crippen LogP contribution is -2.33. The zero-order valence-electron chi connectivity index (χ0n) is 15.8. The SMILES string of the molecule is COc1ccc(C)cc1NC(=O)N1CCC(c2nc3ccncc3n2C)C1. The molecular formula is C20H23N5O2. The third-order valence-electron chi connectivity index (χ3n) is 5.15. The number of ether oxygens (including phenoxy) is 1. The summed E-state index contributed by atoms with van der Waals surface area (Å²) in [6, 6.07) is 7.55. The molecule has 2 aromatic heterocycles. The van der Waals surface area contributed by atoms with Gasteiger partial charge in [0.15, 0.2) is 0 Å². The minimum atomic E-state index is -0.109. The minimum absolute atomic E-state index is 0.109. The number of aryl methyl sites for hydroxylation is 2. The van der Waals surface area contributed by atoms with Crippen LogP contribution in [-0.2, 0) is 7.05 Å². The monoisotopic (exact) mass is 365 g/mol. The molecule has 3 heterocycles. The maximum Gasteiger partial charge on any atom is 0.321 e. The first-order valence-corrected chi connectivity index (χ1v) is 9.03. The van der Waals surface area contributed by atoms with Gasteiger partial charge in [0.1, 0.15) is 11.6 Å². The summed E-state index contributed by atoms with van der Waals surface area (Å²) in [7, 11) is 3.61. The standard InChI is InChI=1S/C20H23N5O2/c1-13-4-5-18(27-3)16(10-13)23-20(26)25-9-7-14(12-25)19-22-15-6-8-21-11-17(15)24(19)2/h4-6,8,10-11,14H,7,9,12H2,1-3H3,(H,23,26). The van der Waals surface area contributed by atoms with Crippen LogP contribution in [0, 0.1) is 6.92 Å². The molecule has 1 unspecified atom stereocenters. The summed E-state index contributed by atoms with van der Waals surface area (Å²) in [5.74, 6) is 1.88.